The van der Waals surface area contributed by atoms with Gasteiger partial charge in [0.25, 0.3) is 0 Å². The summed E-state index contributed by atoms with van der Waals surface area (Å²) in [5.74, 6) is 0.197. The van der Waals surface area contributed by atoms with E-state index >= 15 is 0 Å². The first-order chi connectivity index (χ1) is 19.0. The predicted molar refractivity (Wildman–Crippen MR) is 141 cm³/mol. The lowest BCUT2D eigenvalue weighted by molar-refractivity contribution is -0.139. The van der Waals surface area contributed by atoms with Gasteiger partial charge in [0.05, 0.1) is 13.2 Å². The van der Waals surface area contributed by atoms with Crippen LogP contribution in [0.2, 0.25) is 0 Å². The molecule has 3 aliphatic heterocycles. The molecule has 220 valence electrons. The lowest BCUT2D eigenvalue weighted by Gasteiger charge is -2.37. The van der Waals surface area contributed by atoms with Crippen molar-refractivity contribution in [1.82, 2.24) is 24.6 Å². The number of ether oxygens (including phenoxy) is 2. The fourth-order valence-corrected chi connectivity index (χ4v) is 6.70. The summed E-state index contributed by atoms with van der Waals surface area (Å²) >= 11 is 0. The van der Waals surface area contributed by atoms with Gasteiger partial charge in [-0.3, -0.25) is 0 Å². The second-order valence-electron chi connectivity index (χ2n) is 10.6. The van der Waals surface area contributed by atoms with E-state index in [4.69, 9.17) is 9.47 Å². The summed E-state index contributed by atoms with van der Waals surface area (Å²) in [5.41, 5.74) is -1.05. The maximum Gasteiger partial charge on any atom is 0.423 e. The molecule has 0 unspecified atom stereocenters. The molecule has 2 aromatic heterocycles. The van der Waals surface area contributed by atoms with Crippen molar-refractivity contribution in [3.05, 3.63) is 30.1 Å². The van der Waals surface area contributed by atoms with Gasteiger partial charge in [-0.05, 0) is 38.8 Å². The van der Waals surface area contributed by atoms with Crippen molar-refractivity contribution in [1.29, 1.82) is 0 Å². The number of alkyl halides is 3. The topological polar surface area (TPSA) is 122 Å². The van der Waals surface area contributed by atoms with Crippen molar-refractivity contribution in [2.45, 2.75) is 68.4 Å². The van der Waals surface area contributed by atoms with Crippen molar-refractivity contribution in [3.63, 3.8) is 0 Å². The maximum absolute atomic E-state index is 13.5. The van der Waals surface area contributed by atoms with Crippen molar-refractivity contribution in [2.24, 2.45) is 0 Å². The average Bonchev–Trinajstić information content (AvgIpc) is 3.41. The predicted octanol–water partition coefficient (Wildman–Crippen LogP) is 2.51. The Hall–Kier alpha value is -2.75. The Labute approximate surface area is 231 Å². The quantitative estimate of drug-likeness (QED) is 0.501. The minimum absolute atomic E-state index is 0.000407. The highest BCUT2D eigenvalue weighted by atomic mass is 32.2. The van der Waals surface area contributed by atoms with E-state index in [9.17, 15) is 21.6 Å². The molecule has 3 aliphatic rings. The molecule has 11 nitrogen and oxygen atoms in total. The van der Waals surface area contributed by atoms with Crippen molar-refractivity contribution >= 4 is 21.8 Å². The summed E-state index contributed by atoms with van der Waals surface area (Å²) in [7, 11) is -3.75. The van der Waals surface area contributed by atoms with Crippen LogP contribution in [-0.2, 0) is 20.9 Å². The molecule has 15 heteroatoms. The fourth-order valence-electron chi connectivity index (χ4n) is 5.28. The largest absolute Gasteiger partial charge is 0.471 e. The first-order valence-electron chi connectivity index (χ1n) is 13.4. The summed E-state index contributed by atoms with van der Waals surface area (Å²) in [6, 6.07) is 3.72. The van der Waals surface area contributed by atoms with Crippen LogP contribution in [0.5, 0.6) is 5.88 Å². The van der Waals surface area contributed by atoms with Gasteiger partial charge < -0.3 is 25.0 Å². The third kappa shape index (κ3) is 6.58. The van der Waals surface area contributed by atoms with Crippen LogP contribution >= 0.6 is 0 Å². The molecule has 0 amide bonds. The number of hydrogen-bond acceptors (Lipinski definition) is 10. The van der Waals surface area contributed by atoms with Gasteiger partial charge in [-0.1, -0.05) is 0 Å². The second kappa shape index (κ2) is 11.6. The standard InChI is InChI=1S/C25H34F3N7O4S/c1-16-13-34(14-17(2)31-16)22-4-3-20(11-29-22)40(36,37)35-8-5-18(6-9-35)32-24-30-12-21(25(26,27)28)23(33-24)39-19-7-10-38-15-19/h3-4,11-12,16-19,31H,5-10,13-15H2,1-2H3,(H,30,32,33)/t16-,17-,19+/m0/s1. The van der Waals surface area contributed by atoms with Gasteiger partial charge in [0.1, 0.15) is 22.4 Å². The molecular formula is C25H34F3N7O4S. The normalized spacial score (nSPS) is 25.2. The zero-order valence-electron chi connectivity index (χ0n) is 22.4. The zero-order chi connectivity index (χ0) is 28.5. The third-order valence-electron chi connectivity index (χ3n) is 7.25. The second-order valence-corrected chi connectivity index (χ2v) is 12.5. The summed E-state index contributed by atoms with van der Waals surface area (Å²) < 4.78 is 79.0. The smallest absolute Gasteiger partial charge is 0.423 e. The number of sulfonamides is 1. The van der Waals surface area contributed by atoms with Gasteiger partial charge in [-0.15, -0.1) is 0 Å². The first-order valence-corrected chi connectivity index (χ1v) is 14.9. The Morgan fingerprint density at radius 3 is 2.40 bits per heavy atom. The number of piperidine rings is 1. The molecule has 3 fully saturated rings. The van der Waals surface area contributed by atoms with Crippen LogP contribution in [0, 0.1) is 0 Å². The lowest BCUT2D eigenvalue weighted by atomic mass is 10.1. The number of aromatic nitrogens is 3. The number of rotatable bonds is 7. The van der Waals surface area contributed by atoms with E-state index in [1.165, 1.54) is 10.5 Å². The van der Waals surface area contributed by atoms with Crippen LogP contribution in [0.4, 0.5) is 24.9 Å². The highest BCUT2D eigenvalue weighted by Crippen LogP contribution is 2.36. The Morgan fingerprint density at radius 2 is 1.80 bits per heavy atom. The minimum Gasteiger partial charge on any atom is -0.471 e. The van der Waals surface area contributed by atoms with E-state index in [-0.39, 0.29) is 36.6 Å². The summed E-state index contributed by atoms with van der Waals surface area (Å²) in [6.07, 6.45) is -1.73. The first kappa shape index (κ1) is 28.8. The van der Waals surface area contributed by atoms with E-state index < -0.39 is 33.7 Å². The van der Waals surface area contributed by atoms with Crippen LogP contribution in [0.15, 0.2) is 29.4 Å². The van der Waals surface area contributed by atoms with Crippen LogP contribution in [-0.4, -0.2) is 91.3 Å². The highest BCUT2D eigenvalue weighted by molar-refractivity contribution is 7.89. The molecule has 40 heavy (non-hydrogen) atoms. The Bertz CT molecular complexity index is 1260. The number of anilines is 2. The number of nitrogens with zero attached hydrogens (tertiary/aromatic N) is 5. The van der Waals surface area contributed by atoms with Gasteiger partial charge >= 0.3 is 6.18 Å². The van der Waals surface area contributed by atoms with Crippen LogP contribution in [0.1, 0.15) is 38.7 Å². The monoisotopic (exact) mass is 585 g/mol. The van der Waals surface area contributed by atoms with Crippen molar-refractivity contribution in [2.75, 3.05) is 49.6 Å². The molecule has 0 bridgehead atoms. The van der Waals surface area contributed by atoms with Crippen molar-refractivity contribution < 1.29 is 31.1 Å². The molecule has 3 atom stereocenters. The summed E-state index contributed by atoms with van der Waals surface area (Å²) in [5, 5.41) is 6.50. The number of pyridine rings is 1. The minimum atomic E-state index is -4.66. The zero-order valence-corrected chi connectivity index (χ0v) is 23.2. The molecule has 0 radical (unpaired) electrons. The van der Waals surface area contributed by atoms with Gasteiger partial charge in [0.15, 0.2) is 0 Å². The Morgan fingerprint density at radius 1 is 1.07 bits per heavy atom. The van der Waals surface area contributed by atoms with Gasteiger partial charge in [0, 0.05) is 63.1 Å². The molecule has 5 rings (SSSR count). The number of piperazine rings is 1. The van der Waals surface area contributed by atoms with E-state index in [1.54, 1.807) is 12.1 Å². The van der Waals surface area contributed by atoms with Crippen LogP contribution < -0.4 is 20.3 Å². The number of nitrogens with one attached hydrogen (secondary N) is 2. The molecule has 3 saturated heterocycles. The van der Waals surface area contributed by atoms with Gasteiger partial charge in [0.2, 0.25) is 21.9 Å². The van der Waals surface area contributed by atoms with Gasteiger partial charge in [-0.25, -0.2) is 18.4 Å². The molecule has 5 heterocycles. The van der Waals surface area contributed by atoms with E-state index in [0.29, 0.717) is 44.1 Å². The highest BCUT2D eigenvalue weighted by Gasteiger charge is 2.38. The van der Waals surface area contributed by atoms with E-state index in [0.717, 1.165) is 18.9 Å². The van der Waals surface area contributed by atoms with Crippen molar-refractivity contribution in [3.8, 4) is 5.88 Å². The van der Waals surface area contributed by atoms with Crippen LogP contribution in [0.3, 0.4) is 0 Å². The Kier molecular flexibility index (Phi) is 8.36. The third-order valence-corrected chi connectivity index (χ3v) is 9.13. The molecule has 2 N–H and O–H groups in total. The van der Waals surface area contributed by atoms with Crippen LogP contribution in [0.25, 0.3) is 0 Å². The molecule has 0 saturated carbocycles. The fraction of sp³-hybridized carbons (Fsp3) is 0.640. The molecule has 0 spiro atoms. The van der Waals surface area contributed by atoms with E-state index in [1.807, 2.05) is 0 Å². The number of hydrogen-bond donors (Lipinski definition) is 2. The molecular weight excluding hydrogens is 551 g/mol. The maximum atomic E-state index is 13.5. The average molecular weight is 586 g/mol. The summed E-state index contributed by atoms with van der Waals surface area (Å²) in [6.45, 7) is 6.85. The summed E-state index contributed by atoms with van der Waals surface area (Å²) in [4.78, 5) is 14.5. The molecule has 0 aromatic carbocycles. The van der Waals surface area contributed by atoms with Gasteiger partial charge in [-0.2, -0.15) is 22.5 Å². The Balaban J connectivity index is 1.20. The molecule has 0 aliphatic carbocycles. The lowest BCUT2D eigenvalue weighted by Crippen LogP contribution is -2.54. The number of halogens is 3. The van der Waals surface area contributed by atoms with E-state index in [2.05, 4.69) is 44.3 Å². The SMILES string of the molecule is C[C@H]1CN(c2ccc(S(=O)(=O)N3CCC(Nc4ncc(C(F)(F)F)c(O[C@@H]5CCOC5)n4)CC3)cn2)C[C@H](C)N1. The molecule has 2 aromatic rings.